The van der Waals surface area contributed by atoms with Crippen LogP contribution in [0.5, 0.6) is 0 Å². The van der Waals surface area contributed by atoms with Gasteiger partial charge in [-0.05, 0) is 93.9 Å². The molecule has 0 bridgehead atoms. The number of rotatable bonds is 10. The number of aryl methyl sites for hydroxylation is 1. The van der Waals surface area contributed by atoms with Crippen LogP contribution in [0.25, 0.3) is 0 Å². The Hall–Kier alpha value is -3.23. The van der Waals surface area contributed by atoms with Gasteiger partial charge in [0.25, 0.3) is 5.91 Å². The minimum atomic E-state index is -0.762. The molecular formula is C28H36FN5O3. The van der Waals surface area contributed by atoms with Crippen LogP contribution >= 0.6 is 0 Å². The van der Waals surface area contributed by atoms with E-state index in [1.807, 2.05) is 11.8 Å². The van der Waals surface area contributed by atoms with Crippen molar-refractivity contribution in [2.45, 2.75) is 70.9 Å². The molecule has 198 valence electrons. The van der Waals surface area contributed by atoms with Crippen molar-refractivity contribution in [3.05, 3.63) is 47.5 Å². The summed E-state index contributed by atoms with van der Waals surface area (Å²) < 4.78 is 16.8. The van der Waals surface area contributed by atoms with E-state index in [2.05, 4.69) is 15.7 Å². The summed E-state index contributed by atoms with van der Waals surface area (Å²) in [4.78, 5) is 41.3. The summed E-state index contributed by atoms with van der Waals surface area (Å²) in [5.41, 5.74) is 1.04. The SMILES string of the molecule is CCn1nccc1C(=O)N[C@H](C(=O)Nc1ccc([C@H](C)C(=O)N2CCCC2)cc1F)C(C1CC1)C1CC1. The maximum atomic E-state index is 15.2. The van der Waals surface area contributed by atoms with Gasteiger partial charge in [0.1, 0.15) is 17.6 Å². The molecule has 2 aromatic rings. The van der Waals surface area contributed by atoms with Crippen molar-refractivity contribution in [3.63, 3.8) is 0 Å². The first-order valence-electron chi connectivity index (χ1n) is 13.6. The van der Waals surface area contributed by atoms with Crippen molar-refractivity contribution in [3.8, 4) is 0 Å². The first kappa shape index (κ1) is 25.4. The number of hydrogen-bond donors (Lipinski definition) is 2. The number of nitrogens with one attached hydrogen (secondary N) is 2. The van der Waals surface area contributed by atoms with Crippen LogP contribution in [-0.2, 0) is 16.1 Å². The quantitative estimate of drug-likeness (QED) is 0.507. The van der Waals surface area contributed by atoms with E-state index in [4.69, 9.17) is 0 Å². The molecule has 5 rings (SSSR count). The lowest BCUT2D eigenvalue weighted by atomic mass is 9.88. The number of likely N-dealkylation sites (tertiary alicyclic amines) is 1. The number of amides is 3. The minimum Gasteiger partial charge on any atom is -0.342 e. The molecule has 0 radical (unpaired) electrons. The van der Waals surface area contributed by atoms with E-state index in [1.54, 1.807) is 29.9 Å². The predicted molar refractivity (Wildman–Crippen MR) is 137 cm³/mol. The van der Waals surface area contributed by atoms with Crippen molar-refractivity contribution >= 4 is 23.4 Å². The van der Waals surface area contributed by atoms with Gasteiger partial charge in [0.05, 0.1) is 11.6 Å². The summed E-state index contributed by atoms with van der Waals surface area (Å²) >= 11 is 0. The maximum absolute atomic E-state index is 15.2. The van der Waals surface area contributed by atoms with Crippen molar-refractivity contribution in [1.29, 1.82) is 0 Å². The van der Waals surface area contributed by atoms with Crippen LogP contribution in [0.4, 0.5) is 10.1 Å². The van der Waals surface area contributed by atoms with Crippen LogP contribution < -0.4 is 10.6 Å². The predicted octanol–water partition coefficient (Wildman–Crippen LogP) is 3.94. The third-order valence-corrected chi connectivity index (χ3v) is 8.07. The van der Waals surface area contributed by atoms with Gasteiger partial charge in [-0.1, -0.05) is 6.07 Å². The third-order valence-electron chi connectivity index (χ3n) is 8.07. The lowest BCUT2D eigenvalue weighted by molar-refractivity contribution is -0.131. The third kappa shape index (κ3) is 5.55. The standard InChI is InChI=1S/C28H36FN5O3/c1-3-34-23(12-13-30-34)26(35)32-25(24(18-6-7-18)19-8-9-19)27(36)31-22-11-10-20(16-21(22)29)17(2)28(37)33-14-4-5-15-33/h10-13,16-19,24-25H,3-9,14-15H2,1-2H3,(H,31,36)(H,32,35)/t17-,25-/m0/s1. The summed E-state index contributed by atoms with van der Waals surface area (Å²) in [5, 5.41) is 9.87. The molecule has 1 aromatic carbocycles. The Morgan fingerprint density at radius 1 is 1.08 bits per heavy atom. The van der Waals surface area contributed by atoms with Crippen LogP contribution in [-0.4, -0.2) is 51.5 Å². The molecule has 1 aromatic heterocycles. The number of anilines is 1. The molecule has 0 spiro atoms. The molecule has 2 saturated carbocycles. The van der Waals surface area contributed by atoms with Gasteiger partial charge in [-0.3, -0.25) is 19.1 Å². The van der Waals surface area contributed by atoms with E-state index in [0.29, 0.717) is 29.6 Å². The molecule has 2 aliphatic carbocycles. The molecule has 2 atom stereocenters. The van der Waals surface area contributed by atoms with Crippen LogP contribution in [0.1, 0.15) is 74.3 Å². The number of hydrogen-bond acceptors (Lipinski definition) is 4. The Labute approximate surface area is 217 Å². The fourth-order valence-electron chi connectivity index (χ4n) is 5.69. The van der Waals surface area contributed by atoms with Gasteiger partial charge in [-0.15, -0.1) is 0 Å². The summed E-state index contributed by atoms with van der Waals surface area (Å²) in [6.45, 7) is 5.72. The minimum absolute atomic E-state index is 0.000472. The molecule has 3 fully saturated rings. The fraction of sp³-hybridized carbons (Fsp3) is 0.571. The molecule has 1 aliphatic heterocycles. The summed E-state index contributed by atoms with van der Waals surface area (Å²) in [5.74, 6) is -0.990. The van der Waals surface area contributed by atoms with Crippen molar-refractivity contribution < 1.29 is 18.8 Å². The number of carbonyl (C=O) groups is 3. The van der Waals surface area contributed by atoms with E-state index in [9.17, 15) is 14.4 Å². The van der Waals surface area contributed by atoms with E-state index < -0.39 is 23.7 Å². The fourth-order valence-corrected chi connectivity index (χ4v) is 5.69. The van der Waals surface area contributed by atoms with Gasteiger partial charge in [0.2, 0.25) is 11.8 Å². The van der Waals surface area contributed by atoms with E-state index in [-0.39, 0.29) is 23.4 Å². The summed E-state index contributed by atoms with van der Waals surface area (Å²) in [6, 6.07) is 5.43. The highest BCUT2D eigenvalue weighted by atomic mass is 19.1. The van der Waals surface area contributed by atoms with Crippen LogP contribution in [0.2, 0.25) is 0 Å². The molecule has 37 heavy (non-hydrogen) atoms. The van der Waals surface area contributed by atoms with E-state index >= 15 is 4.39 Å². The topological polar surface area (TPSA) is 96.3 Å². The van der Waals surface area contributed by atoms with Gasteiger partial charge in [0, 0.05) is 25.8 Å². The zero-order valence-corrected chi connectivity index (χ0v) is 21.6. The van der Waals surface area contributed by atoms with Gasteiger partial charge in [0.15, 0.2) is 0 Å². The van der Waals surface area contributed by atoms with Gasteiger partial charge in [-0.2, -0.15) is 5.10 Å². The molecule has 1 saturated heterocycles. The number of benzene rings is 1. The summed E-state index contributed by atoms with van der Waals surface area (Å²) in [6.07, 6.45) is 7.73. The Morgan fingerprint density at radius 2 is 1.76 bits per heavy atom. The molecule has 2 N–H and O–H groups in total. The zero-order chi connectivity index (χ0) is 26.1. The highest BCUT2D eigenvalue weighted by Gasteiger charge is 2.48. The first-order chi connectivity index (χ1) is 17.9. The second-order valence-corrected chi connectivity index (χ2v) is 10.7. The van der Waals surface area contributed by atoms with E-state index in [1.165, 1.54) is 12.1 Å². The second kappa shape index (κ2) is 10.6. The molecular weight excluding hydrogens is 473 g/mol. The van der Waals surface area contributed by atoms with Gasteiger partial charge >= 0.3 is 0 Å². The number of aromatic nitrogens is 2. The lowest BCUT2D eigenvalue weighted by Gasteiger charge is -2.28. The van der Waals surface area contributed by atoms with Crippen LogP contribution in [0.15, 0.2) is 30.5 Å². The van der Waals surface area contributed by atoms with Crippen molar-refractivity contribution in [2.75, 3.05) is 18.4 Å². The lowest BCUT2D eigenvalue weighted by Crippen LogP contribution is -2.50. The van der Waals surface area contributed by atoms with Gasteiger partial charge in [-0.25, -0.2) is 4.39 Å². The zero-order valence-electron chi connectivity index (χ0n) is 21.6. The highest BCUT2D eigenvalue weighted by molar-refractivity contribution is 6.01. The maximum Gasteiger partial charge on any atom is 0.270 e. The van der Waals surface area contributed by atoms with Gasteiger partial charge < -0.3 is 15.5 Å². The number of halogens is 1. The Morgan fingerprint density at radius 3 is 2.35 bits per heavy atom. The Balaban J connectivity index is 1.33. The molecule has 8 nitrogen and oxygen atoms in total. The van der Waals surface area contributed by atoms with E-state index in [0.717, 1.165) is 51.6 Å². The average molecular weight is 510 g/mol. The van der Waals surface area contributed by atoms with Crippen molar-refractivity contribution in [2.24, 2.45) is 17.8 Å². The van der Waals surface area contributed by atoms with Crippen LogP contribution in [0, 0.1) is 23.6 Å². The van der Waals surface area contributed by atoms with Crippen molar-refractivity contribution in [1.82, 2.24) is 20.0 Å². The molecule has 3 amide bonds. The Kier molecular flexibility index (Phi) is 7.31. The molecule has 9 heteroatoms. The largest absolute Gasteiger partial charge is 0.342 e. The Bertz CT molecular complexity index is 1150. The second-order valence-electron chi connectivity index (χ2n) is 10.7. The number of nitrogens with zero attached hydrogens (tertiary/aromatic N) is 3. The molecule has 3 aliphatic rings. The molecule has 0 unspecified atom stereocenters. The normalized spacial score (nSPS) is 19.1. The smallest absolute Gasteiger partial charge is 0.270 e. The molecule has 2 heterocycles. The monoisotopic (exact) mass is 509 g/mol. The first-order valence-corrected chi connectivity index (χ1v) is 13.6. The highest BCUT2D eigenvalue weighted by Crippen LogP contribution is 2.51. The number of carbonyl (C=O) groups excluding carboxylic acids is 3. The van der Waals surface area contributed by atoms with Crippen LogP contribution in [0.3, 0.4) is 0 Å². The summed E-state index contributed by atoms with van der Waals surface area (Å²) in [7, 11) is 0. The average Bonchev–Trinajstić information content (AvgIpc) is 3.81.